The van der Waals surface area contributed by atoms with Gasteiger partial charge < -0.3 is 0 Å². The molecule has 0 bridgehead atoms. The lowest BCUT2D eigenvalue weighted by Crippen LogP contribution is -2.13. The van der Waals surface area contributed by atoms with E-state index in [-0.39, 0.29) is 4.90 Å². The third-order valence-electron chi connectivity index (χ3n) is 3.93. The number of aromatic amines is 1. The average Bonchev–Trinajstić information content (AvgIpc) is 2.97. The number of sulfonamides is 1. The van der Waals surface area contributed by atoms with E-state index in [1.165, 1.54) is 0 Å². The summed E-state index contributed by atoms with van der Waals surface area (Å²) >= 11 is 0. The molecule has 3 aromatic rings. The predicted molar refractivity (Wildman–Crippen MR) is 95.5 cm³/mol. The van der Waals surface area contributed by atoms with Crippen molar-refractivity contribution in [2.24, 2.45) is 0 Å². The minimum Gasteiger partial charge on any atom is -0.282 e. The van der Waals surface area contributed by atoms with Crippen LogP contribution in [0.1, 0.15) is 16.8 Å². The molecule has 0 unspecified atom stereocenters. The second-order valence-electron chi connectivity index (χ2n) is 5.87. The van der Waals surface area contributed by atoms with Gasteiger partial charge in [0.1, 0.15) is 0 Å². The summed E-state index contributed by atoms with van der Waals surface area (Å²) in [6.07, 6.45) is 0. The zero-order valence-electron chi connectivity index (χ0n) is 13.8. The fraction of sp³-hybridized carbons (Fsp3) is 0.167. The number of hydrogen-bond acceptors (Lipinski definition) is 3. The molecule has 0 atom stereocenters. The number of H-pyrrole nitrogens is 1. The highest BCUT2D eigenvalue weighted by atomic mass is 32.2. The normalized spacial score (nSPS) is 11.5. The van der Waals surface area contributed by atoms with Crippen molar-refractivity contribution in [3.05, 3.63) is 65.4 Å². The van der Waals surface area contributed by atoms with E-state index in [9.17, 15) is 8.42 Å². The zero-order valence-corrected chi connectivity index (χ0v) is 14.6. The lowest BCUT2D eigenvalue weighted by Gasteiger charge is -2.10. The Bertz CT molecular complexity index is 974. The van der Waals surface area contributed by atoms with Gasteiger partial charge in [0.2, 0.25) is 0 Å². The molecule has 0 aliphatic heterocycles. The van der Waals surface area contributed by atoms with Crippen molar-refractivity contribution in [2.45, 2.75) is 25.7 Å². The molecule has 0 saturated heterocycles. The molecule has 6 heteroatoms. The summed E-state index contributed by atoms with van der Waals surface area (Å²) < 4.78 is 27.6. The molecule has 0 aliphatic carbocycles. The van der Waals surface area contributed by atoms with Crippen molar-refractivity contribution in [3.63, 3.8) is 0 Å². The molecule has 2 aromatic carbocycles. The molecule has 0 spiro atoms. The van der Waals surface area contributed by atoms with Gasteiger partial charge in [-0.05, 0) is 62.2 Å². The van der Waals surface area contributed by atoms with Crippen LogP contribution in [-0.2, 0) is 10.0 Å². The highest BCUT2D eigenvalue weighted by molar-refractivity contribution is 7.92. The summed E-state index contributed by atoms with van der Waals surface area (Å²) in [7, 11) is -3.60. The molecular weight excluding hydrogens is 322 g/mol. The lowest BCUT2D eigenvalue weighted by atomic mass is 10.1. The van der Waals surface area contributed by atoms with Crippen molar-refractivity contribution in [1.82, 2.24) is 10.2 Å². The number of aryl methyl sites for hydroxylation is 3. The van der Waals surface area contributed by atoms with E-state index < -0.39 is 10.0 Å². The zero-order chi connectivity index (χ0) is 17.3. The molecule has 0 saturated carbocycles. The van der Waals surface area contributed by atoms with Crippen LogP contribution in [0.15, 0.2) is 53.4 Å². The molecule has 0 aliphatic rings. The summed E-state index contributed by atoms with van der Waals surface area (Å²) in [5.74, 6) is 0. The second kappa shape index (κ2) is 6.13. The van der Waals surface area contributed by atoms with E-state index >= 15 is 0 Å². The second-order valence-corrected chi connectivity index (χ2v) is 7.55. The van der Waals surface area contributed by atoms with Gasteiger partial charge >= 0.3 is 0 Å². The summed E-state index contributed by atoms with van der Waals surface area (Å²) in [5.41, 5.74) is 5.26. The number of aromatic nitrogens is 2. The minimum atomic E-state index is -3.60. The molecule has 1 aromatic heterocycles. The van der Waals surface area contributed by atoms with E-state index in [0.717, 1.165) is 28.1 Å². The fourth-order valence-electron chi connectivity index (χ4n) is 2.37. The fourth-order valence-corrected chi connectivity index (χ4v) is 3.51. The first-order valence-corrected chi connectivity index (χ1v) is 9.06. The van der Waals surface area contributed by atoms with Crippen LogP contribution in [0.4, 0.5) is 5.69 Å². The van der Waals surface area contributed by atoms with Gasteiger partial charge in [-0.25, -0.2) is 8.42 Å². The Balaban J connectivity index is 1.83. The first-order chi connectivity index (χ1) is 11.3. The molecule has 0 fully saturated rings. The summed E-state index contributed by atoms with van der Waals surface area (Å²) in [5, 5.41) is 7.08. The summed E-state index contributed by atoms with van der Waals surface area (Å²) in [6, 6.07) is 14.2. The van der Waals surface area contributed by atoms with Crippen LogP contribution in [0.3, 0.4) is 0 Å². The van der Waals surface area contributed by atoms with Gasteiger partial charge in [0, 0.05) is 16.9 Å². The maximum absolute atomic E-state index is 12.5. The Morgan fingerprint density at radius 1 is 0.917 bits per heavy atom. The number of nitrogens with one attached hydrogen (secondary N) is 2. The van der Waals surface area contributed by atoms with Crippen LogP contribution in [-0.4, -0.2) is 18.6 Å². The first-order valence-electron chi connectivity index (χ1n) is 7.58. The van der Waals surface area contributed by atoms with E-state index in [4.69, 9.17) is 0 Å². The van der Waals surface area contributed by atoms with Crippen molar-refractivity contribution in [2.75, 3.05) is 4.72 Å². The number of rotatable bonds is 4. The topological polar surface area (TPSA) is 74.8 Å². The Kier molecular flexibility index (Phi) is 4.15. The third kappa shape index (κ3) is 3.33. The molecular formula is C18H19N3O2S. The van der Waals surface area contributed by atoms with E-state index in [1.807, 2.05) is 45.0 Å². The van der Waals surface area contributed by atoms with Gasteiger partial charge in [0.25, 0.3) is 10.0 Å². The number of benzene rings is 2. The van der Waals surface area contributed by atoms with Crippen LogP contribution in [0.25, 0.3) is 11.3 Å². The SMILES string of the molecule is Cc1cc(-c2ccc(NS(=O)(=O)c3ccc(C)c(C)c3)cc2)n[nH]1. The largest absolute Gasteiger partial charge is 0.282 e. The molecule has 0 amide bonds. The Morgan fingerprint density at radius 3 is 2.21 bits per heavy atom. The molecule has 24 heavy (non-hydrogen) atoms. The smallest absolute Gasteiger partial charge is 0.261 e. The predicted octanol–water partition coefficient (Wildman–Crippen LogP) is 3.80. The Hall–Kier alpha value is -2.60. The number of anilines is 1. The van der Waals surface area contributed by atoms with Gasteiger partial charge in [-0.2, -0.15) is 5.10 Å². The quantitative estimate of drug-likeness (QED) is 0.758. The highest BCUT2D eigenvalue weighted by Crippen LogP contribution is 2.22. The van der Waals surface area contributed by atoms with Crippen LogP contribution in [0.2, 0.25) is 0 Å². The molecule has 124 valence electrons. The molecule has 0 radical (unpaired) electrons. The van der Waals surface area contributed by atoms with Gasteiger partial charge in [-0.15, -0.1) is 0 Å². The maximum Gasteiger partial charge on any atom is 0.261 e. The number of nitrogens with zero attached hydrogens (tertiary/aromatic N) is 1. The van der Waals surface area contributed by atoms with E-state index in [0.29, 0.717) is 5.69 Å². The van der Waals surface area contributed by atoms with Gasteiger partial charge in [-0.3, -0.25) is 9.82 Å². The highest BCUT2D eigenvalue weighted by Gasteiger charge is 2.15. The Labute approximate surface area is 141 Å². The standard InChI is InChI=1S/C18H19N3O2S/c1-12-4-9-17(10-13(12)2)24(22,23)21-16-7-5-15(6-8-16)18-11-14(3)19-20-18/h4-11,21H,1-3H3,(H,19,20). The van der Waals surface area contributed by atoms with Crippen molar-refractivity contribution >= 4 is 15.7 Å². The van der Waals surface area contributed by atoms with E-state index in [1.54, 1.807) is 24.3 Å². The maximum atomic E-state index is 12.5. The van der Waals surface area contributed by atoms with E-state index in [2.05, 4.69) is 14.9 Å². The van der Waals surface area contributed by atoms with Gasteiger partial charge in [0.05, 0.1) is 10.6 Å². The van der Waals surface area contributed by atoms with Crippen molar-refractivity contribution in [3.8, 4) is 11.3 Å². The summed E-state index contributed by atoms with van der Waals surface area (Å²) in [6.45, 7) is 5.78. The molecule has 1 heterocycles. The van der Waals surface area contributed by atoms with Gasteiger partial charge in [-0.1, -0.05) is 18.2 Å². The van der Waals surface area contributed by atoms with Crippen LogP contribution >= 0.6 is 0 Å². The first kappa shape index (κ1) is 16.3. The molecule has 5 nitrogen and oxygen atoms in total. The number of hydrogen-bond donors (Lipinski definition) is 2. The Morgan fingerprint density at radius 2 is 1.62 bits per heavy atom. The van der Waals surface area contributed by atoms with Crippen molar-refractivity contribution in [1.29, 1.82) is 0 Å². The molecule has 3 rings (SSSR count). The van der Waals surface area contributed by atoms with Crippen LogP contribution in [0.5, 0.6) is 0 Å². The molecule has 2 N–H and O–H groups in total. The monoisotopic (exact) mass is 341 g/mol. The van der Waals surface area contributed by atoms with Crippen molar-refractivity contribution < 1.29 is 8.42 Å². The lowest BCUT2D eigenvalue weighted by molar-refractivity contribution is 0.601. The van der Waals surface area contributed by atoms with Crippen LogP contribution in [0, 0.1) is 20.8 Å². The average molecular weight is 341 g/mol. The van der Waals surface area contributed by atoms with Crippen LogP contribution < -0.4 is 4.72 Å². The minimum absolute atomic E-state index is 0.262. The summed E-state index contributed by atoms with van der Waals surface area (Å²) in [4.78, 5) is 0.262. The van der Waals surface area contributed by atoms with Gasteiger partial charge in [0.15, 0.2) is 0 Å². The third-order valence-corrected chi connectivity index (χ3v) is 5.31.